The number of methoxy groups -OCH3 is 1. The third kappa shape index (κ3) is 0.724. The predicted molar refractivity (Wildman–Crippen MR) is 42.6 cm³/mol. The van der Waals surface area contributed by atoms with Gasteiger partial charge in [0, 0.05) is 0 Å². The normalized spacial score (nSPS) is 42.1. The Morgan fingerprint density at radius 3 is 2.42 bits per heavy atom. The molecule has 0 radical (unpaired) electrons. The third-order valence-electron chi connectivity index (χ3n) is 3.38. The lowest BCUT2D eigenvalue weighted by molar-refractivity contribution is -0.142. The molecule has 2 unspecified atom stereocenters. The van der Waals surface area contributed by atoms with Crippen LogP contribution in [0.15, 0.2) is 0 Å². The van der Waals surface area contributed by atoms with E-state index in [4.69, 9.17) is 4.74 Å². The van der Waals surface area contributed by atoms with E-state index in [2.05, 4.69) is 18.6 Å². The van der Waals surface area contributed by atoms with Crippen molar-refractivity contribution < 1.29 is 14.3 Å². The van der Waals surface area contributed by atoms with Crippen molar-refractivity contribution in [3.63, 3.8) is 0 Å². The lowest BCUT2D eigenvalue weighted by atomic mass is 9.60. The molecule has 0 aromatic heterocycles. The van der Waals surface area contributed by atoms with Crippen LogP contribution in [0.4, 0.5) is 0 Å². The van der Waals surface area contributed by atoms with Crippen LogP contribution in [-0.4, -0.2) is 24.8 Å². The molecule has 3 nitrogen and oxygen atoms in total. The van der Waals surface area contributed by atoms with Gasteiger partial charge in [0.25, 0.3) is 0 Å². The average Bonchev–Trinajstić information content (AvgIpc) is 2.78. The number of esters is 1. The highest BCUT2D eigenvalue weighted by molar-refractivity contribution is 5.80. The van der Waals surface area contributed by atoms with Crippen molar-refractivity contribution in [1.29, 1.82) is 0 Å². The molecular formula is C9H14O3. The van der Waals surface area contributed by atoms with Gasteiger partial charge in [-0.1, -0.05) is 13.8 Å². The van der Waals surface area contributed by atoms with E-state index in [1.807, 2.05) is 0 Å². The van der Waals surface area contributed by atoms with Gasteiger partial charge < -0.3 is 9.47 Å². The molecule has 1 saturated carbocycles. The van der Waals surface area contributed by atoms with E-state index in [0.717, 1.165) is 12.8 Å². The molecule has 0 amide bonds. The van der Waals surface area contributed by atoms with Crippen molar-refractivity contribution in [2.75, 3.05) is 7.11 Å². The smallest absolute Gasteiger partial charge is 0.338 e. The van der Waals surface area contributed by atoms with Gasteiger partial charge in [-0.3, -0.25) is 0 Å². The lowest BCUT2D eigenvalue weighted by Crippen LogP contribution is -2.46. The first kappa shape index (κ1) is 8.05. The fourth-order valence-corrected chi connectivity index (χ4v) is 2.10. The highest BCUT2D eigenvalue weighted by Crippen LogP contribution is 2.63. The standard InChI is InChI=1S/C9H14O3/c1-8(2)4-5-9(8)6(12-9)7(10)11-3/h6H,4-5H2,1-3H3. The van der Waals surface area contributed by atoms with Gasteiger partial charge in [-0.2, -0.15) is 0 Å². The van der Waals surface area contributed by atoms with E-state index in [-0.39, 0.29) is 23.1 Å². The molecule has 1 aliphatic carbocycles. The molecule has 12 heavy (non-hydrogen) atoms. The minimum atomic E-state index is -0.286. The zero-order chi connectivity index (χ0) is 8.98. The molecule has 0 aromatic rings. The van der Waals surface area contributed by atoms with E-state index in [9.17, 15) is 4.79 Å². The minimum Gasteiger partial charge on any atom is -0.467 e. The van der Waals surface area contributed by atoms with Crippen molar-refractivity contribution in [2.45, 2.75) is 38.4 Å². The first-order valence-electron chi connectivity index (χ1n) is 4.29. The third-order valence-corrected chi connectivity index (χ3v) is 3.38. The summed E-state index contributed by atoms with van der Waals surface area (Å²) in [5, 5.41) is 0. The molecule has 2 atom stereocenters. The first-order chi connectivity index (χ1) is 5.53. The quantitative estimate of drug-likeness (QED) is 0.437. The summed E-state index contributed by atoms with van der Waals surface area (Å²) in [6.45, 7) is 4.28. The molecule has 3 heteroatoms. The zero-order valence-corrected chi connectivity index (χ0v) is 7.72. The molecule has 2 aliphatic rings. The lowest BCUT2D eigenvalue weighted by Gasteiger charge is -2.42. The maximum atomic E-state index is 11.1. The Bertz CT molecular complexity index is 234. The van der Waals surface area contributed by atoms with Crippen LogP contribution in [0.25, 0.3) is 0 Å². The van der Waals surface area contributed by atoms with Crippen molar-refractivity contribution in [1.82, 2.24) is 0 Å². The largest absolute Gasteiger partial charge is 0.467 e. The number of carbonyl (C=O) groups excluding carboxylic acids is 1. The Morgan fingerprint density at radius 2 is 2.17 bits per heavy atom. The summed E-state index contributed by atoms with van der Waals surface area (Å²) >= 11 is 0. The van der Waals surface area contributed by atoms with E-state index in [1.165, 1.54) is 7.11 Å². The fourth-order valence-electron chi connectivity index (χ4n) is 2.10. The van der Waals surface area contributed by atoms with Crippen LogP contribution in [0.3, 0.4) is 0 Å². The van der Waals surface area contributed by atoms with Gasteiger partial charge in [0.2, 0.25) is 0 Å². The summed E-state index contributed by atoms with van der Waals surface area (Å²) < 4.78 is 10.1. The zero-order valence-electron chi connectivity index (χ0n) is 7.72. The molecule has 1 aliphatic heterocycles. The Kier molecular flexibility index (Phi) is 1.35. The van der Waals surface area contributed by atoms with Crippen molar-refractivity contribution in [2.24, 2.45) is 5.41 Å². The van der Waals surface area contributed by atoms with E-state index < -0.39 is 0 Å². The number of hydrogen-bond acceptors (Lipinski definition) is 3. The van der Waals surface area contributed by atoms with Crippen LogP contribution < -0.4 is 0 Å². The van der Waals surface area contributed by atoms with Gasteiger partial charge in [-0.25, -0.2) is 4.79 Å². The fraction of sp³-hybridized carbons (Fsp3) is 0.889. The predicted octanol–water partition coefficient (Wildman–Crippen LogP) is 1.12. The topological polar surface area (TPSA) is 38.8 Å². The number of ether oxygens (including phenoxy) is 2. The molecule has 2 rings (SSSR count). The highest BCUT2D eigenvalue weighted by atomic mass is 16.7. The second-order valence-corrected chi connectivity index (χ2v) is 4.29. The second-order valence-electron chi connectivity index (χ2n) is 4.29. The summed E-state index contributed by atoms with van der Waals surface area (Å²) in [4.78, 5) is 11.1. The summed E-state index contributed by atoms with van der Waals surface area (Å²) in [5.74, 6) is -0.220. The molecule has 1 saturated heterocycles. The first-order valence-corrected chi connectivity index (χ1v) is 4.29. The van der Waals surface area contributed by atoms with Crippen LogP contribution in [0.1, 0.15) is 26.7 Å². The van der Waals surface area contributed by atoms with Gasteiger partial charge >= 0.3 is 5.97 Å². The van der Waals surface area contributed by atoms with Crippen LogP contribution in [0, 0.1) is 5.41 Å². The highest BCUT2D eigenvalue weighted by Gasteiger charge is 2.73. The summed E-state index contributed by atoms with van der Waals surface area (Å²) in [6, 6.07) is 0. The average molecular weight is 170 g/mol. The molecule has 0 aromatic carbocycles. The second kappa shape index (κ2) is 2.02. The molecule has 1 heterocycles. The van der Waals surface area contributed by atoms with E-state index in [0.29, 0.717) is 0 Å². The van der Waals surface area contributed by atoms with Crippen molar-refractivity contribution in [3.8, 4) is 0 Å². The van der Waals surface area contributed by atoms with Gasteiger partial charge in [-0.15, -0.1) is 0 Å². The summed E-state index contributed by atoms with van der Waals surface area (Å²) in [7, 11) is 1.41. The Hall–Kier alpha value is -0.570. The monoisotopic (exact) mass is 170 g/mol. The minimum absolute atomic E-state index is 0.159. The SMILES string of the molecule is COC(=O)C1OC12CCC2(C)C. The number of hydrogen-bond donors (Lipinski definition) is 0. The maximum Gasteiger partial charge on any atom is 0.338 e. The number of carbonyl (C=O) groups is 1. The van der Waals surface area contributed by atoms with Crippen LogP contribution in [0.5, 0.6) is 0 Å². The van der Waals surface area contributed by atoms with Crippen molar-refractivity contribution >= 4 is 5.97 Å². The van der Waals surface area contributed by atoms with Gasteiger partial charge in [0.05, 0.1) is 7.11 Å². The molecule has 2 fully saturated rings. The Labute approximate surface area is 72.0 Å². The van der Waals surface area contributed by atoms with Gasteiger partial charge in [0.1, 0.15) is 5.60 Å². The Balaban J connectivity index is 2.07. The van der Waals surface area contributed by atoms with Gasteiger partial charge in [-0.05, 0) is 18.3 Å². The van der Waals surface area contributed by atoms with Gasteiger partial charge in [0.15, 0.2) is 6.10 Å². The number of epoxide rings is 1. The van der Waals surface area contributed by atoms with Crippen LogP contribution in [0.2, 0.25) is 0 Å². The maximum absolute atomic E-state index is 11.1. The molecule has 0 bridgehead atoms. The molecular weight excluding hydrogens is 156 g/mol. The van der Waals surface area contributed by atoms with E-state index >= 15 is 0 Å². The van der Waals surface area contributed by atoms with Crippen LogP contribution >= 0.6 is 0 Å². The molecule has 0 N–H and O–H groups in total. The number of rotatable bonds is 1. The van der Waals surface area contributed by atoms with Crippen molar-refractivity contribution in [3.05, 3.63) is 0 Å². The summed E-state index contributed by atoms with van der Waals surface area (Å²) in [6.07, 6.45) is 1.85. The molecule has 68 valence electrons. The Morgan fingerprint density at radius 1 is 1.50 bits per heavy atom. The summed E-state index contributed by atoms with van der Waals surface area (Å²) in [5.41, 5.74) is -0.00799. The van der Waals surface area contributed by atoms with Crippen LogP contribution in [-0.2, 0) is 14.3 Å². The molecule has 1 spiro atoms. The van der Waals surface area contributed by atoms with E-state index in [1.54, 1.807) is 0 Å².